The first-order valence-electron chi connectivity index (χ1n) is 9.20. The SMILES string of the molecule is I.c1coc(CCN=C(NC2CCOCC2)NC2CC3CCC2O3)c1. The molecule has 3 atom stereocenters. The van der Waals surface area contributed by atoms with Gasteiger partial charge in [-0.1, -0.05) is 0 Å². The average molecular weight is 461 g/mol. The van der Waals surface area contributed by atoms with E-state index in [1.807, 2.05) is 12.1 Å². The van der Waals surface area contributed by atoms with E-state index >= 15 is 0 Å². The topological polar surface area (TPSA) is 68.0 Å². The van der Waals surface area contributed by atoms with Crippen LogP contribution in [0.15, 0.2) is 27.8 Å². The molecule has 3 fully saturated rings. The molecule has 0 aromatic carbocycles. The predicted octanol–water partition coefficient (Wildman–Crippen LogP) is 2.47. The third-order valence-electron chi connectivity index (χ3n) is 5.20. The summed E-state index contributed by atoms with van der Waals surface area (Å²) in [5, 5.41) is 7.21. The van der Waals surface area contributed by atoms with E-state index in [0.717, 1.165) is 50.6 Å². The molecule has 6 nitrogen and oxygen atoms in total. The van der Waals surface area contributed by atoms with Crippen molar-refractivity contribution < 1.29 is 13.9 Å². The molecular weight excluding hydrogens is 433 g/mol. The van der Waals surface area contributed by atoms with Crippen LogP contribution in [0, 0.1) is 0 Å². The van der Waals surface area contributed by atoms with Crippen molar-refractivity contribution >= 4 is 29.9 Å². The van der Waals surface area contributed by atoms with Crippen LogP contribution in [0.25, 0.3) is 0 Å². The molecule has 3 aliphatic rings. The summed E-state index contributed by atoms with van der Waals surface area (Å²) in [6, 6.07) is 4.75. The Hall–Kier alpha value is -0.800. The Morgan fingerprint density at radius 1 is 1.16 bits per heavy atom. The van der Waals surface area contributed by atoms with Gasteiger partial charge in [0.15, 0.2) is 5.96 Å². The van der Waals surface area contributed by atoms with Gasteiger partial charge in [-0.25, -0.2) is 0 Å². The van der Waals surface area contributed by atoms with Gasteiger partial charge in [0, 0.05) is 32.2 Å². The number of furan rings is 1. The lowest BCUT2D eigenvalue weighted by Gasteiger charge is -2.28. The van der Waals surface area contributed by atoms with E-state index < -0.39 is 0 Å². The van der Waals surface area contributed by atoms with Gasteiger partial charge >= 0.3 is 0 Å². The summed E-state index contributed by atoms with van der Waals surface area (Å²) in [7, 11) is 0. The van der Waals surface area contributed by atoms with Crippen LogP contribution in [0.4, 0.5) is 0 Å². The zero-order valence-electron chi connectivity index (χ0n) is 14.5. The number of nitrogens with one attached hydrogen (secondary N) is 2. The third kappa shape index (κ3) is 5.10. The van der Waals surface area contributed by atoms with Crippen LogP contribution < -0.4 is 10.6 Å². The number of ether oxygens (including phenoxy) is 2. The molecular formula is C18H28IN3O3. The number of hydrogen-bond donors (Lipinski definition) is 2. The molecule has 1 aromatic heterocycles. The summed E-state index contributed by atoms with van der Waals surface area (Å²) >= 11 is 0. The Bertz CT molecular complexity index is 546. The molecule has 140 valence electrons. The average Bonchev–Trinajstić information content (AvgIpc) is 3.34. The summed E-state index contributed by atoms with van der Waals surface area (Å²) in [5.41, 5.74) is 0. The van der Waals surface area contributed by atoms with Gasteiger partial charge in [0.2, 0.25) is 0 Å². The van der Waals surface area contributed by atoms with Crippen LogP contribution in [0.1, 0.15) is 37.9 Å². The Balaban J connectivity index is 0.00000182. The molecule has 0 spiro atoms. The maximum atomic E-state index is 5.96. The van der Waals surface area contributed by atoms with E-state index in [4.69, 9.17) is 18.9 Å². The summed E-state index contributed by atoms with van der Waals surface area (Å²) in [5.74, 6) is 1.89. The Labute approximate surface area is 166 Å². The number of hydrogen-bond acceptors (Lipinski definition) is 4. The van der Waals surface area contributed by atoms with Crippen molar-refractivity contribution in [1.29, 1.82) is 0 Å². The van der Waals surface area contributed by atoms with Crippen molar-refractivity contribution in [3.8, 4) is 0 Å². The van der Waals surface area contributed by atoms with Gasteiger partial charge in [-0.3, -0.25) is 4.99 Å². The molecule has 1 aromatic rings. The number of fused-ring (bicyclic) bond motifs is 2. The highest BCUT2D eigenvalue weighted by atomic mass is 127. The lowest BCUT2D eigenvalue weighted by molar-refractivity contribution is 0.0818. The lowest BCUT2D eigenvalue weighted by atomic mass is 9.96. The largest absolute Gasteiger partial charge is 0.469 e. The summed E-state index contributed by atoms with van der Waals surface area (Å²) in [4.78, 5) is 4.78. The van der Waals surface area contributed by atoms with Crippen molar-refractivity contribution in [2.75, 3.05) is 19.8 Å². The highest BCUT2D eigenvalue weighted by Crippen LogP contribution is 2.34. The van der Waals surface area contributed by atoms with Crippen LogP contribution in [0.3, 0.4) is 0 Å². The number of aliphatic imine (C=N–C) groups is 1. The number of halogens is 1. The van der Waals surface area contributed by atoms with E-state index in [9.17, 15) is 0 Å². The summed E-state index contributed by atoms with van der Waals surface area (Å²) in [6.45, 7) is 2.37. The van der Waals surface area contributed by atoms with Crippen molar-refractivity contribution in [3.63, 3.8) is 0 Å². The van der Waals surface area contributed by atoms with Crippen LogP contribution >= 0.6 is 24.0 Å². The summed E-state index contributed by atoms with van der Waals surface area (Å²) < 4.78 is 16.8. The molecule has 0 aliphatic carbocycles. The fraction of sp³-hybridized carbons (Fsp3) is 0.722. The first kappa shape index (κ1) is 19.0. The molecule has 0 amide bonds. The zero-order chi connectivity index (χ0) is 16.2. The quantitative estimate of drug-likeness (QED) is 0.401. The molecule has 4 rings (SSSR count). The van der Waals surface area contributed by atoms with Crippen LogP contribution in [-0.4, -0.2) is 50.0 Å². The van der Waals surface area contributed by atoms with Crippen molar-refractivity contribution in [2.24, 2.45) is 4.99 Å². The Kier molecular flexibility index (Phi) is 7.00. The molecule has 25 heavy (non-hydrogen) atoms. The fourth-order valence-electron chi connectivity index (χ4n) is 3.87. The molecule has 3 unspecified atom stereocenters. The second-order valence-corrected chi connectivity index (χ2v) is 6.95. The first-order valence-corrected chi connectivity index (χ1v) is 9.20. The number of nitrogens with zero attached hydrogens (tertiary/aromatic N) is 1. The van der Waals surface area contributed by atoms with E-state index in [2.05, 4.69) is 10.6 Å². The normalized spacial score (nSPS) is 29.4. The van der Waals surface area contributed by atoms with Crippen molar-refractivity contribution in [1.82, 2.24) is 10.6 Å². The smallest absolute Gasteiger partial charge is 0.191 e. The van der Waals surface area contributed by atoms with Gasteiger partial charge < -0.3 is 24.5 Å². The van der Waals surface area contributed by atoms with E-state index in [0.29, 0.717) is 30.8 Å². The third-order valence-corrected chi connectivity index (χ3v) is 5.20. The second kappa shape index (κ2) is 9.23. The number of rotatable bonds is 5. The standard InChI is InChI=1S/C18H27N3O3.HI/c1-2-14(23-9-1)5-8-19-18(20-13-6-10-22-11-7-13)21-16-12-15-3-4-17(16)24-15;/h1-2,9,13,15-17H,3-8,10-12H2,(H2,19,20,21);1H. The maximum Gasteiger partial charge on any atom is 0.191 e. The predicted molar refractivity (Wildman–Crippen MR) is 107 cm³/mol. The van der Waals surface area contributed by atoms with E-state index in [-0.39, 0.29) is 24.0 Å². The Morgan fingerprint density at radius 3 is 2.72 bits per heavy atom. The van der Waals surface area contributed by atoms with Gasteiger partial charge in [0.05, 0.1) is 24.5 Å². The minimum atomic E-state index is 0. The van der Waals surface area contributed by atoms with Crippen molar-refractivity contribution in [3.05, 3.63) is 24.2 Å². The fourth-order valence-corrected chi connectivity index (χ4v) is 3.87. The van der Waals surface area contributed by atoms with Gasteiger partial charge in [-0.15, -0.1) is 24.0 Å². The molecule has 3 aliphatic heterocycles. The van der Waals surface area contributed by atoms with Crippen LogP contribution in [-0.2, 0) is 15.9 Å². The van der Waals surface area contributed by atoms with E-state index in [1.165, 1.54) is 12.8 Å². The van der Waals surface area contributed by atoms with Gasteiger partial charge in [0.25, 0.3) is 0 Å². The molecule has 3 saturated heterocycles. The molecule has 2 bridgehead atoms. The minimum Gasteiger partial charge on any atom is -0.469 e. The van der Waals surface area contributed by atoms with Gasteiger partial charge in [-0.05, 0) is 44.2 Å². The highest BCUT2D eigenvalue weighted by Gasteiger charge is 2.41. The van der Waals surface area contributed by atoms with Crippen LogP contribution in [0.2, 0.25) is 0 Å². The summed E-state index contributed by atoms with van der Waals surface area (Å²) in [6.07, 6.45) is 8.86. The maximum absolute atomic E-state index is 5.96. The molecule has 7 heteroatoms. The molecule has 2 N–H and O–H groups in total. The van der Waals surface area contributed by atoms with Gasteiger partial charge in [-0.2, -0.15) is 0 Å². The molecule has 0 saturated carbocycles. The monoisotopic (exact) mass is 461 g/mol. The highest BCUT2D eigenvalue weighted by molar-refractivity contribution is 14.0. The van der Waals surface area contributed by atoms with Gasteiger partial charge in [0.1, 0.15) is 5.76 Å². The molecule has 4 heterocycles. The van der Waals surface area contributed by atoms with E-state index in [1.54, 1.807) is 6.26 Å². The lowest BCUT2D eigenvalue weighted by Crippen LogP contribution is -2.51. The minimum absolute atomic E-state index is 0. The Morgan fingerprint density at radius 2 is 2.04 bits per heavy atom. The molecule has 0 radical (unpaired) electrons. The van der Waals surface area contributed by atoms with Crippen LogP contribution in [0.5, 0.6) is 0 Å². The zero-order valence-corrected chi connectivity index (χ0v) is 16.8. The van der Waals surface area contributed by atoms with Crippen molar-refractivity contribution in [2.45, 2.75) is 62.8 Å². The number of guanidine groups is 1. The first-order chi connectivity index (χ1) is 11.9. The second-order valence-electron chi connectivity index (χ2n) is 6.95.